The van der Waals surface area contributed by atoms with Crippen LogP contribution in [0, 0.1) is 12.3 Å². The van der Waals surface area contributed by atoms with Crippen LogP contribution in [0.15, 0.2) is 42.6 Å². The van der Waals surface area contributed by atoms with Gasteiger partial charge in [-0.15, -0.1) is 0 Å². The summed E-state index contributed by atoms with van der Waals surface area (Å²) in [7, 11) is 1.97. The summed E-state index contributed by atoms with van der Waals surface area (Å²) in [5.74, 6) is 0.397. The van der Waals surface area contributed by atoms with Gasteiger partial charge in [-0.1, -0.05) is 30.3 Å². The van der Waals surface area contributed by atoms with Gasteiger partial charge >= 0.3 is 0 Å². The molecule has 5 nitrogen and oxygen atoms in total. The minimum atomic E-state index is 0.140. The third-order valence-electron chi connectivity index (χ3n) is 6.69. The Morgan fingerprint density at radius 2 is 1.79 bits per heavy atom. The van der Waals surface area contributed by atoms with Crippen molar-refractivity contribution in [2.24, 2.45) is 12.5 Å². The van der Waals surface area contributed by atoms with Gasteiger partial charge in [0.2, 0.25) is 5.91 Å². The molecule has 1 spiro atoms. The van der Waals surface area contributed by atoms with E-state index in [0.29, 0.717) is 13.0 Å². The van der Waals surface area contributed by atoms with Crippen LogP contribution in [0.3, 0.4) is 0 Å². The number of likely N-dealkylation sites (tertiary alicyclic amines) is 2. The number of aryl methyl sites for hydroxylation is 1. The predicted molar refractivity (Wildman–Crippen MR) is 109 cm³/mol. The number of piperidine rings is 2. The molecule has 0 unspecified atom stereocenters. The van der Waals surface area contributed by atoms with Crippen LogP contribution in [0.4, 0.5) is 0 Å². The van der Waals surface area contributed by atoms with E-state index in [2.05, 4.69) is 12.1 Å². The Labute approximate surface area is 166 Å². The van der Waals surface area contributed by atoms with Crippen LogP contribution in [0.1, 0.15) is 47.3 Å². The zero-order valence-electron chi connectivity index (χ0n) is 16.9. The molecule has 2 aliphatic rings. The highest BCUT2D eigenvalue weighted by molar-refractivity contribution is 5.95. The van der Waals surface area contributed by atoms with Gasteiger partial charge in [-0.05, 0) is 43.2 Å². The second-order valence-corrected chi connectivity index (χ2v) is 8.45. The van der Waals surface area contributed by atoms with Crippen molar-refractivity contribution in [3.63, 3.8) is 0 Å². The van der Waals surface area contributed by atoms with Crippen molar-refractivity contribution in [3.8, 4) is 0 Å². The summed E-state index contributed by atoms with van der Waals surface area (Å²) >= 11 is 0. The maximum atomic E-state index is 12.9. The van der Waals surface area contributed by atoms with E-state index in [1.807, 2.05) is 58.8 Å². The van der Waals surface area contributed by atoms with Crippen molar-refractivity contribution < 1.29 is 9.59 Å². The summed E-state index contributed by atoms with van der Waals surface area (Å²) in [6, 6.07) is 12.1. The molecule has 5 heteroatoms. The molecule has 0 saturated carbocycles. The number of amides is 2. The number of hydrogen-bond donors (Lipinski definition) is 0. The third kappa shape index (κ3) is 3.58. The largest absolute Gasteiger partial charge is 0.354 e. The van der Waals surface area contributed by atoms with Gasteiger partial charge in [0.05, 0.1) is 5.56 Å². The zero-order chi connectivity index (χ0) is 19.7. The third-order valence-corrected chi connectivity index (χ3v) is 6.69. The fraction of sp³-hybridized carbons (Fsp3) is 0.478. The second-order valence-electron chi connectivity index (χ2n) is 8.45. The van der Waals surface area contributed by atoms with Crippen LogP contribution in [0.5, 0.6) is 0 Å². The number of nitrogens with zero attached hydrogens (tertiary/aromatic N) is 3. The Hall–Kier alpha value is -2.56. The highest BCUT2D eigenvalue weighted by Crippen LogP contribution is 2.41. The number of carbonyl (C=O) groups excluding carboxylic acids is 2. The maximum Gasteiger partial charge on any atom is 0.255 e. The quantitative estimate of drug-likeness (QED) is 0.821. The maximum absolute atomic E-state index is 12.9. The predicted octanol–water partition coefficient (Wildman–Crippen LogP) is 3.38. The SMILES string of the molecule is Cc1c(C(=O)N2CCC3(CCC(=O)N(Cc4ccccc4)C3)CC2)ccn1C. The molecule has 0 atom stereocenters. The number of aromatic nitrogens is 1. The van der Waals surface area contributed by atoms with Crippen LogP contribution in [0.2, 0.25) is 0 Å². The minimum absolute atomic E-state index is 0.140. The van der Waals surface area contributed by atoms with Crippen LogP contribution >= 0.6 is 0 Å². The molecule has 2 aromatic rings. The zero-order valence-corrected chi connectivity index (χ0v) is 16.9. The summed E-state index contributed by atoms with van der Waals surface area (Å²) in [5.41, 5.74) is 3.16. The molecule has 3 heterocycles. The van der Waals surface area contributed by atoms with Crippen molar-refractivity contribution >= 4 is 11.8 Å². The van der Waals surface area contributed by atoms with E-state index in [4.69, 9.17) is 0 Å². The molecule has 0 N–H and O–H groups in total. The monoisotopic (exact) mass is 379 g/mol. The molecule has 4 rings (SSSR count). The molecule has 1 aromatic heterocycles. The van der Waals surface area contributed by atoms with E-state index in [0.717, 1.165) is 50.2 Å². The molecule has 0 bridgehead atoms. The number of benzene rings is 1. The average molecular weight is 380 g/mol. The van der Waals surface area contributed by atoms with Gasteiger partial charge in [-0.3, -0.25) is 9.59 Å². The second kappa shape index (κ2) is 7.46. The van der Waals surface area contributed by atoms with E-state index in [-0.39, 0.29) is 17.2 Å². The fourth-order valence-electron chi connectivity index (χ4n) is 4.65. The lowest BCUT2D eigenvalue weighted by Crippen LogP contribution is -2.52. The molecule has 2 saturated heterocycles. The van der Waals surface area contributed by atoms with E-state index in [9.17, 15) is 9.59 Å². The van der Waals surface area contributed by atoms with Gasteiger partial charge in [-0.25, -0.2) is 0 Å². The van der Waals surface area contributed by atoms with Crippen molar-refractivity contribution in [1.29, 1.82) is 0 Å². The topological polar surface area (TPSA) is 45.6 Å². The molecule has 1 aromatic carbocycles. The summed E-state index contributed by atoms with van der Waals surface area (Å²) in [5, 5.41) is 0. The first-order valence-electron chi connectivity index (χ1n) is 10.2. The van der Waals surface area contributed by atoms with Gasteiger partial charge in [0, 0.05) is 51.5 Å². The normalized spacial score (nSPS) is 19.3. The Bertz CT molecular complexity index is 863. The van der Waals surface area contributed by atoms with Gasteiger partial charge < -0.3 is 14.4 Å². The van der Waals surface area contributed by atoms with E-state index in [1.54, 1.807) is 0 Å². The molecule has 0 aliphatic carbocycles. The first-order valence-corrected chi connectivity index (χ1v) is 10.2. The summed E-state index contributed by atoms with van der Waals surface area (Å²) in [6.45, 7) is 5.05. The molecular formula is C23H29N3O2. The fourth-order valence-corrected chi connectivity index (χ4v) is 4.65. The highest BCUT2D eigenvalue weighted by atomic mass is 16.2. The van der Waals surface area contributed by atoms with Gasteiger partial charge in [0.25, 0.3) is 5.91 Å². The first kappa shape index (κ1) is 18.8. The molecule has 28 heavy (non-hydrogen) atoms. The van der Waals surface area contributed by atoms with Crippen molar-refractivity contribution in [2.45, 2.75) is 39.2 Å². The van der Waals surface area contributed by atoms with Gasteiger partial charge in [0.1, 0.15) is 0 Å². The average Bonchev–Trinajstić information content (AvgIpc) is 3.04. The van der Waals surface area contributed by atoms with Crippen LogP contribution in [0.25, 0.3) is 0 Å². The molecule has 148 valence electrons. The summed E-state index contributed by atoms with van der Waals surface area (Å²) in [6.07, 6.45) is 5.47. The van der Waals surface area contributed by atoms with E-state index < -0.39 is 0 Å². The van der Waals surface area contributed by atoms with Crippen molar-refractivity contribution in [3.05, 3.63) is 59.4 Å². The first-order chi connectivity index (χ1) is 13.5. The Kier molecular flexibility index (Phi) is 5.00. The van der Waals surface area contributed by atoms with Crippen molar-refractivity contribution in [1.82, 2.24) is 14.4 Å². The van der Waals surface area contributed by atoms with Crippen LogP contribution in [-0.4, -0.2) is 45.8 Å². The molecule has 2 fully saturated rings. The smallest absolute Gasteiger partial charge is 0.255 e. The summed E-state index contributed by atoms with van der Waals surface area (Å²) < 4.78 is 1.99. The van der Waals surface area contributed by atoms with Gasteiger partial charge in [-0.2, -0.15) is 0 Å². The van der Waals surface area contributed by atoms with Gasteiger partial charge in [0.15, 0.2) is 0 Å². The van der Waals surface area contributed by atoms with Crippen LogP contribution < -0.4 is 0 Å². The number of rotatable bonds is 3. The highest BCUT2D eigenvalue weighted by Gasteiger charge is 2.41. The van der Waals surface area contributed by atoms with E-state index >= 15 is 0 Å². The molecular weight excluding hydrogens is 350 g/mol. The molecule has 0 radical (unpaired) electrons. The van der Waals surface area contributed by atoms with Crippen LogP contribution in [-0.2, 0) is 18.4 Å². The molecule has 2 amide bonds. The van der Waals surface area contributed by atoms with Crippen molar-refractivity contribution in [2.75, 3.05) is 19.6 Å². The lowest BCUT2D eigenvalue weighted by molar-refractivity contribution is -0.139. The number of carbonyl (C=O) groups is 2. The standard InChI is InChI=1S/C23H29N3O2/c1-18-20(9-13-24(18)2)22(28)25-14-11-23(12-15-25)10-8-21(27)26(17-23)16-19-6-4-3-5-7-19/h3-7,9,13H,8,10-12,14-17H2,1-2H3. The summed E-state index contributed by atoms with van der Waals surface area (Å²) in [4.78, 5) is 29.4. The minimum Gasteiger partial charge on any atom is -0.354 e. The Balaban J connectivity index is 1.41. The number of hydrogen-bond acceptors (Lipinski definition) is 2. The van der Waals surface area contributed by atoms with E-state index in [1.165, 1.54) is 5.56 Å². The Morgan fingerprint density at radius 1 is 1.07 bits per heavy atom. The lowest BCUT2D eigenvalue weighted by atomic mass is 9.72. The Morgan fingerprint density at radius 3 is 2.43 bits per heavy atom. The molecule has 2 aliphatic heterocycles. The lowest BCUT2D eigenvalue weighted by Gasteiger charge is -2.47.